The zero-order valence-corrected chi connectivity index (χ0v) is 18.4. The molecule has 1 aromatic carbocycles. The van der Waals surface area contributed by atoms with Crippen molar-refractivity contribution in [1.29, 1.82) is 0 Å². The topological polar surface area (TPSA) is 92.3 Å². The molecule has 1 saturated carbocycles. The van der Waals surface area contributed by atoms with Gasteiger partial charge in [-0.2, -0.15) is 4.98 Å². The summed E-state index contributed by atoms with van der Waals surface area (Å²) in [7, 11) is 3.91. The molecule has 0 saturated heterocycles. The summed E-state index contributed by atoms with van der Waals surface area (Å²) < 4.78 is 5.90. The van der Waals surface area contributed by atoms with E-state index >= 15 is 0 Å². The third-order valence-corrected chi connectivity index (χ3v) is 5.49. The highest BCUT2D eigenvalue weighted by molar-refractivity contribution is 5.96. The van der Waals surface area contributed by atoms with Gasteiger partial charge in [0.25, 0.3) is 5.91 Å². The molecule has 32 heavy (non-hydrogen) atoms. The highest BCUT2D eigenvalue weighted by Gasteiger charge is 2.24. The lowest BCUT2D eigenvalue weighted by Crippen LogP contribution is -2.40. The first-order valence-corrected chi connectivity index (χ1v) is 10.8. The highest BCUT2D eigenvalue weighted by Crippen LogP contribution is 2.26. The molecule has 0 bridgehead atoms. The summed E-state index contributed by atoms with van der Waals surface area (Å²) >= 11 is 0. The Hall–Kier alpha value is -3.68. The molecule has 0 spiro atoms. The Bertz CT molecular complexity index is 1040. The predicted octanol–water partition coefficient (Wildman–Crippen LogP) is 3.88. The van der Waals surface area contributed by atoms with E-state index in [0.717, 1.165) is 31.5 Å². The van der Waals surface area contributed by atoms with Crippen LogP contribution in [0.2, 0.25) is 0 Å². The molecule has 1 aliphatic carbocycles. The second-order valence-corrected chi connectivity index (χ2v) is 8.09. The quantitative estimate of drug-likeness (QED) is 0.585. The maximum atomic E-state index is 12.9. The minimum atomic E-state index is -0.164. The number of hydrogen-bond donors (Lipinski definition) is 2. The first kappa shape index (κ1) is 21.5. The lowest BCUT2D eigenvalue weighted by atomic mass is 9.91. The molecule has 2 heterocycles. The molecule has 8 heteroatoms. The van der Waals surface area contributed by atoms with Gasteiger partial charge in [-0.3, -0.25) is 9.78 Å². The van der Waals surface area contributed by atoms with Crippen LogP contribution < -0.4 is 20.3 Å². The van der Waals surface area contributed by atoms with Gasteiger partial charge in [0, 0.05) is 44.8 Å². The van der Waals surface area contributed by atoms with Crippen molar-refractivity contribution in [3.05, 3.63) is 66.6 Å². The average molecular weight is 433 g/mol. The van der Waals surface area contributed by atoms with Crippen LogP contribution in [-0.2, 0) is 0 Å². The first-order valence-electron chi connectivity index (χ1n) is 10.8. The summed E-state index contributed by atoms with van der Waals surface area (Å²) in [6.45, 7) is 0. The lowest BCUT2D eigenvalue weighted by molar-refractivity contribution is 0.0924. The molecule has 8 nitrogen and oxygen atoms in total. The second kappa shape index (κ2) is 10.1. The van der Waals surface area contributed by atoms with E-state index in [4.69, 9.17) is 4.74 Å². The largest absolute Gasteiger partial charge is 0.456 e. The van der Waals surface area contributed by atoms with Crippen molar-refractivity contribution in [2.24, 2.45) is 0 Å². The molecule has 0 aliphatic heterocycles. The van der Waals surface area contributed by atoms with E-state index in [0.29, 0.717) is 23.0 Å². The van der Waals surface area contributed by atoms with Gasteiger partial charge in [0.1, 0.15) is 22.9 Å². The number of rotatable bonds is 7. The fourth-order valence-corrected chi connectivity index (χ4v) is 3.75. The smallest absolute Gasteiger partial charge is 0.256 e. The summed E-state index contributed by atoms with van der Waals surface area (Å²) in [5.41, 5.74) is 0.436. The number of amides is 1. The number of ether oxygens (including phenoxy) is 1. The molecular formula is C24H28N6O2. The van der Waals surface area contributed by atoms with Crippen LogP contribution in [0.25, 0.3) is 0 Å². The summed E-state index contributed by atoms with van der Waals surface area (Å²) in [5, 5.41) is 6.57. The summed E-state index contributed by atoms with van der Waals surface area (Å²) in [5.74, 6) is 2.52. The molecular weight excluding hydrogens is 404 g/mol. The van der Waals surface area contributed by atoms with Gasteiger partial charge in [-0.25, -0.2) is 4.98 Å². The standard InChI is InChI=1S/C24H28N6O2/c1-30(2)22-13-15-26-24(29-22)28-18-10-8-17(9-11-18)27-23(31)20-16-25-14-12-21(20)32-19-6-4-3-5-7-19/h3-7,12-18H,8-11H2,1-2H3,(H,27,31)(H,26,28,29). The molecule has 166 valence electrons. The average Bonchev–Trinajstić information content (AvgIpc) is 2.81. The highest BCUT2D eigenvalue weighted by atomic mass is 16.5. The fourth-order valence-electron chi connectivity index (χ4n) is 3.75. The number of carbonyl (C=O) groups excluding carboxylic acids is 1. The zero-order valence-electron chi connectivity index (χ0n) is 18.4. The third-order valence-electron chi connectivity index (χ3n) is 5.49. The van der Waals surface area contributed by atoms with Crippen LogP contribution in [-0.4, -0.2) is 47.0 Å². The summed E-state index contributed by atoms with van der Waals surface area (Å²) in [4.78, 5) is 27.8. The number of nitrogens with one attached hydrogen (secondary N) is 2. The Balaban J connectivity index is 1.32. The van der Waals surface area contributed by atoms with E-state index in [2.05, 4.69) is 25.6 Å². The Morgan fingerprint density at radius 1 is 1.00 bits per heavy atom. The minimum Gasteiger partial charge on any atom is -0.456 e. The first-order chi connectivity index (χ1) is 15.6. The molecule has 0 unspecified atom stereocenters. The van der Waals surface area contributed by atoms with Crippen LogP contribution in [0.5, 0.6) is 11.5 Å². The normalized spacial score (nSPS) is 17.9. The van der Waals surface area contributed by atoms with E-state index in [1.807, 2.05) is 55.4 Å². The van der Waals surface area contributed by atoms with E-state index in [-0.39, 0.29) is 18.0 Å². The zero-order chi connectivity index (χ0) is 22.3. The number of benzene rings is 1. The van der Waals surface area contributed by atoms with Crippen molar-refractivity contribution >= 4 is 17.7 Å². The van der Waals surface area contributed by atoms with Crippen molar-refractivity contribution in [3.8, 4) is 11.5 Å². The SMILES string of the molecule is CN(C)c1ccnc(NC2CCC(NC(=O)c3cnccc3Oc3ccccc3)CC2)n1. The number of para-hydroxylation sites is 1. The van der Waals surface area contributed by atoms with Crippen LogP contribution in [0.4, 0.5) is 11.8 Å². The van der Waals surface area contributed by atoms with Gasteiger partial charge in [-0.15, -0.1) is 0 Å². The van der Waals surface area contributed by atoms with E-state index in [1.165, 1.54) is 0 Å². The Morgan fingerprint density at radius 2 is 1.75 bits per heavy atom. The van der Waals surface area contributed by atoms with Gasteiger partial charge in [-0.05, 0) is 49.9 Å². The number of anilines is 2. The molecule has 2 N–H and O–H groups in total. The second-order valence-electron chi connectivity index (χ2n) is 8.09. The Kier molecular flexibility index (Phi) is 6.79. The molecule has 4 rings (SSSR count). The van der Waals surface area contributed by atoms with Crippen LogP contribution in [0.3, 0.4) is 0 Å². The molecule has 0 radical (unpaired) electrons. The molecule has 0 atom stereocenters. The van der Waals surface area contributed by atoms with Crippen molar-refractivity contribution in [2.75, 3.05) is 24.3 Å². The third kappa shape index (κ3) is 5.51. The van der Waals surface area contributed by atoms with Crippen LogP contribution in [0.15, 0.2) is 61.1 Å². The number of pyridine rings is 1. The van der Waals surface area contributed by atoms with Crippen LogP contribution in [0.1, 0.15) is 36.0 Å². The maximum absolute atomic E-state index is 12.9. The molecule has 3 aromatic rings. The lowest BCUT2D eigenvalue weighted by Gasteiger charge is -2.30. The minimum absolute atomic E-state index is 0.111. The van der Waals surface area contributed by atoms with Crippen LogP contribution >= 0.6 is 0 Å². The predicted molar refractivity (Wildman–Crippen MR) is 124 cm³/mol. The number of aromatic nitrogens is 3. The maximum Gasteiger partial charge on any atom is 0.256 e. The van der Waals surface area contributed by atoms with E-state index in [9.17, 15) is 4.79 Å². The monoisotopic (exact) mass is 432 g/mol. The molecule has 1 aliphatic rings. The van der Waals surface area contributed by atoms with E-state index < -0.39 is 0 Å². The number of carbonyl (C=O) groups is 1. The van der Waals surface area contributed by atoms with Crippen molar-refractivity contribution in [3.63, 3.8) is 0 Å². The molecule has 1 amide bonds. The van der Waals surface area contributed by atoms with Gasteiger partial charge in [0.05, 0.1) is 0 Å². The number of hydrogen-bond acceptors (Lipinski definition) is 7. The van der Waals surface area contributed by atoms with Crippen LogP contribution in [0, 0.1) is 0 Å². The van der Waals surface area contributed by atoms with Gasteiger partial charge in [-0.1, -0.05) is 18.2 Å². The summed E-state index contributed by atoms with van der Waals surface area (Å²) in [6.07, 6.45) is 8.56. The van der Waals surface area contributed by atoms with Gasteiger partial charge in [0.2, 0.25) is 5.95 Å². The van der Waals surface area contributed by atoms with Gasteiger partial charge < -0.3 is 20.3 Å². The Labute approximate surface area is 188 Å². The molecule has 2 aromatic heterocycles. The fraction of sp³-hybridized carbons (Fsp3) is 0.333. The number of nitrogens with zero attached hydrogens (tertiary/aromatic N) is 4. The van der Waals surface area contributed by atoms with E-state index in [1.54, 1.807) is 24.7 Å². The van der Waals surface area contributed by atoms with Crippen molar-refractivity contribution < 1.29 is 9.53 Å². The van der Waals surface area contributed by atoms with Gasteiger partial charge in [0.15, 0.2) is 0 Å². The Morgan fingerprint density at radius 3 is 2.50 bits per heavy atom. The van der Waals surface area contributed by atoms with Crippen molar-refractivity contribution in [1.82, 2.24) is 20.3 Å². The summed E-state index contributed by atoms with van der Waals surface area (Å²) in [6, 6.07) is 13.4. The van der Waals surface area contributed by atoms with Crippen molar-refractivity contribution in [2.45, 2.75) is 37.8 Å². The molecule has 1 fully saturated rings. The van der Waals surface area contributed by atoms with Gasteiger partial charge >= 0.3 is 0 Å².